The fourth-order valence-corrected chi connectivity index (χ4v) is 3.84. The van der Waals surface area contributed by atoms with E-state index in [1.165, 1.54) is 18.7 Å². The van der Waals surface area contributed by atoms with Crippen LogP contribution in [0.25, 0.3) is 0 Å². The van der Waals surface area contributed by atoms with E-state index in [2.05, 4.69) is 11.9 Å². The summed E-state index contributed by atoms with van der Waals surface area (Å²) in [5.74, 6) is 0.164. The van der Waals surface area contributed by atoms with E-state index in [1.807, 2.05) is 6.92 Å². The number of hydrogen-bond donors (Lipinski definition) is 2. The molecule has 0 bridgehead atoms. The lowest BCUT2D eigenvalue weighted by atomic mass is 9.59. The second-order valence-electron chi connectivity index (χ2n) is 6.26. The van der Waals surface area contributed by atoms with Gasteiger partial charge in [-0.15, -0.1) is 0 Å². The number of halogens is 1. The lowest BCUT2D eigenvalue weighted by Crippen LogP contribution is -2.52. The molecule has 0 saturated heterocycles. The van der Waals surface area contributed by atoms with Crippen molar-refractivity contribution in [3.63, 3.8) is 0 Å². The zero-order chi connectivity index (χ0) is 14.8. The smallest absolute Gasteiger partial charge is 0.141 e. The summed E-state index contributed by atoms with van der Waals surface area (Å²) < 4.78 is 13.1. The molecule has 0 aliphatic heterocycles. The molecule has 1 aliphatic rings. The van der Waals surface area contributed by atoms with Gasteiger partial charge in [-0.05, 0) is 37.3 Å². The summed E-state index contributed by atoms with van der Waals surface area (Å²) in [6.45, 7) is 4.58. The van der Waals surface area contributed by atoms with Gasteiger partial charge in [-0.1, -0.05) is 26.7 Å². The molecule has 0 aromatic carbocycles. The van der Waals surface area contributed by atoms with Gasteiger partial charge < -0.3 is 10.8 Å². The molecule has 4 heteroatoms. The number of aromatic nitrogens is 1. The van der Waals surface area contributed by atoms with Crippen LogP contribution in [0.2, 0.25) is 0 Å². The number of nitrogens with zero attached hydrogens (tertiary/aromatic N) is 1. The predicted molar refractivity (Wildman–Crippen MR) is 77.5 cm³/mol. The maximum absolute atomic E-state index is 13.1. The molecule has 3 atom stereocenters. The first-order chi connectivity index (χ1) is 9.47. The number of aliphatic hydroxyl groups is 1. The zero-order valence-electron chi connectivity index (χ0n) is 12.4. The molecule has 20 heavy (non-hydrogen) atoms. The first kappa shape index (κ1) is 15.4. The van der Waals surface area contributed by atoms with Crippen molar-refractivity contribution in [3.05, 3.63) is 29.8 Å². The third-order valence-corrected chi connectivity index (χ3v) is 5.02. The average molecular weight is 280 g/mol. The molecule has 3 nitrogen and oxygen atoms in total. The molecule has 2 rings (SSSR count). The van der Waals surface area contributed by atoms with Gasteiger partial charge >= 0.3 is 0 Å². The lowest BCUT2D eigenvalue weighted by Gasteiger charge is -2.50. The molecule has 0 amide bonds. The second kappa shape index (κ2) is 5.78. The minimum absolute atomic E-state index is 0.357. The van der Waals surface area contributed by atoms with E-state index in [1.54, 1.807) is 6.07 Å². The molecule has 1 heterocycles. The highest BCUT2D eigenvalue weighted by atomic mass is 19.1. The topological polar surface area (TPSA) is 59.1 Å². The number of rotatable bonds is 4. The molecule has 1 saturated carbocycles. The molecule has 0 radical (unpaired) electrons. The predicted octanol–water partition coefficient (Wildman–Crippen LogP) is 2.97. The summed E-state index contributed by atoms with van der Waals surface area (Å²) in [4.78, 5) is 4.13. The fraction of sp³-hybridized carbons (Fsp3) is 0.688. The Morgan fingerprint density at radius 2 is 2.30 bits per heavy atom. The van der Waals surface area contributed by atoms with Crippen LogP contribution in [0.3, 0.4) is 0 Å². The van der Waals surface area contributed by atoms with Crippen molar-refractivity contribution in [2.75, 3.05) is 6.54 Å². The van der Waals surface area contributed by atoms with E-state index in [9.17, 15) is 9.50 Å². The summed E-state index contributed by atoms with van der Waals surface area (Å²) in [7, 11) is 0. The van der Waals surface area contributed by atoms with E-state index >= 15 is 0 Å². The molecule has 112 valence electrons. The normalized spacial score (nSPS) is 29.9. The van der Waals surface area contributed by atoms with E-state index < -0.39 is 5.60 Å². The Balaban J connectivity index is 2.43. The quantitative estimate of drug-likeness (QED) is 0.891. The Morgan fingerprint density at radius 3 is 2.80 bits per heavy atom. The van der Waals surface area contributed by atoms with Crippen LogP contribution in [0.15, 0.2) is 18.3 Å². The van der Waals surface area contributed by atoms with Crippen LogP contribution in [0, 0.1) is 17.2 Å². The zero-order valence-corrected chi connectivity index (χ0v) is 12.4. The number of hydrogen-bond acceptors (Lipinski definition) is 3. The van der Waals surface area contributed by atoms with E-state index in [0.717, 1.165) is 19.3 Å². The fourth-order valence-electron chi connectivity index (χ4n) is 3.84. The summed E-state index contributed by atoms with van der Waals surface area (Å²) in [5, 5.41) is 11.3. The van der Waals surface area contributed by atoms with Crippen molar-refractivity contribution < 1.29 is 9.50 Å². The van der Waals surface area contributed by atoms with Gasteiger partial charge in [0, 0.05) is 12.0 Å². The van der Waals surface area contributed by atoms with Crippen molar-refractivity contribution in [1.82, 2.24) is 4.98 Å². The molecule has 1 aliphatic carbocycles. The molecule has 1 fully saturated rings. The third kappa shape index (κ3) is 2.47. The summed E-state index contributed by atoms with van der Waals surface area (Å²) in [6, 6.07) is 2.95. The Bertz CT molecular complexity index is 450. The van der Waals surface area contributed by atoms with Crippen LogP contribution in [0.5, 0.6) is 0 Å². The van der Waals surface area contributed by atoms with Crippen LogP contribution in [0.1, 0.15) is 51.6 Å². The van der Waals surface area contributed by atoms with Crippen LogP contribution in [-0.4, -0.2) is 16.6 Å². The van der Waals surface area contributed by atoms with Crippen LogP contribution < -0.4 is 5.73 Å². The molecule has 1 aromatic rings. The highest BCUT2D eigenvalue weighted by Crippen LogP contribution is 2.51. The maximum atomic E-state index is 13.1. The standard InChI is InChI=1S/C16H25FN2O/c1-3-16(20,14-7-6-13(17)10-19-14)15(11-18)8-4-5-12(2)9-15/h6-7,10,12,20H,3-5,8-9,11,18H2,1-2H3. The molecule has 0 spiro atoms. The van der Waals surface area contributed by atoms with Crippen LogP contribution in [-0.2, 0) is 5.60 Å². The van der Waals surface area contributed by atoms with E-state index in [4.69, 9.17) is 5.73 Å². The van der Waals surface area contributed by atoms with Crippen molar-refractivity contribution >= 4 is 0 Å². The lowest BCUT2D eigenvalue weighted by molar-refractivity contribution is -0.120. The molecular weight excluding hydrogens is 255 g/mol. The van der Waals surface area contributed by atoms with Gasteiger partial charge in [0.25, 0.3) is 0 Å². The summed E-state index contributed by atoms with van der Waals surface area (Å²) in [6.07, 6.45) is 5.76. The maximum Gasteiger partial charge on any atom is 0.141 e. The van der Waals surface area contributed by atoms with Crippen molar-refractivity contribution in [2.24, 2.45) is 17.1 Å². The summed E-state index contributed by atoms with van der Waals surface area (Å²) in [5.41, 5.74) is 5.17. The van der Waals surface area contributed by atoms with Crippen molar-refractivity contribution in [1.29, 1.82) is 0 Å². The monoisotopic (exact) mass is 280 g/mol. The number of pyridine rings is 1. The first-order valence-corrected chi connectivity index (χ1v) is 7.52. The van der Waals surface area contributed by atoms with Gasteiger partial charge in [0.05, 0.1) is 11.9 Å². The largest absolute Gasteiger partial charge is 0.383 e. The van der Waals surface area contributed by atoms with Gasteiger partial charge in [0.1, 0.15) is 11.4 Å². The average Bonchev–Trinajstić information content (AvgIpc) is 2.47. The summed E-state index contributed by atoms with van der Waals surface area (Å²) >= 11 is 0. The Morgan fingerprint density at radius 1 is 1.55 bits per heavy atom. The van der Waals surface area contributed by atoms with Gasteiger partial charge in [-0.2, -0.15) is 0 Å². The Kier molecular flexibility index (Phi) is 4.45. The number of nitrogens with two attached hydrogens (primary N) is 1. The van der Waals surface area contributed by atoms with Crippen LogP contribution >= 0.6 is 0 Å². The van der Waals surface area contributed by atoms with Crippen LogP contribution in [0.4, 0.5) is 4.39 Å². The highest BCUT2D eigenvalue weighted by Gasteiger charge is 2.51. The van der Waals surface area contributed by atoms with Crippen molar-refractivity contribution in [2.45, 2.75) is 51.6 Å². The molecular formula is C16H25FN2O. The highest BCUT2D eigenvalue weighted by molar-refractivity contribution is 5.19. The van der Waals surface area contributed by atoms with Gasteiger partial charge in [0.15, 0.2) is 0 Å². The van der Waals surface area contributed by atoms with Gasteiger partial charge in [-0.25, -0.2) is 4.39 Å². The minimum Gasteiger partial charge on any atom is -0.383 e. The first-order valence-electron chi connectivity index (χ1n) is 7.52. The molecule has 3 N–H and O–H groups in total. The SMILES string of the molecule is CCC(O)(c1ccc(F)cn1)C1(CN)CCCC(C)C1. The van der Waals surface area contributed by atoms with Gasteiger partial charge in [-0.3, -0.25) is 4.98 Å². The second-order valence-corrected chi connectivity index (χ2v) is 6.26. The van der Waals surface area contributed by atoms with Gasteiger partial charge in [0.2, 0.25) is 0 Å². The third-order valence-electron chi connectivity index (χ3n) is 5.02. The minimum atomic E-state index is -1.08. The Hall–Kier alpha value is -1.00. The van der Waals surface area contributed by atoms with Crippen molar-refractivity contribution in [3.8, 4) is 0 Å². The molecule has 1 aromatic heterocycles. The van der Waals surface area contributed by atoms with E-state index in [-0.39, 0.29) is 11.2 Å². The molecule has 3 unspecified atom stereocenters. The van der Waals surface area contributed by atoms with E-state index in [0.29, 0.717) is 24.6 Å². The Labute approximate surface area is 120 Å².